The van der Waals surface area contributed by atoms with Crippen LogP contribution in [0.1, 0.15) is 17.0 Å². The van der Waals surface area contributed by atoms with Crippen molar-refractivity contribution in [3.63, 3.8) is 0 Å². The van der Waals surface area contributed by atoms with Gasteiger partial charge in [-0.2, -0.15) is 23.7 Å². The first-order valence-corrected chi connectivity index (χ1v) is 8.66. The maximum Gasteiger partial charge on any atom is 0.387 e. The van der Waals surface area contributed by atoms with Crippen LogP contribution < -0.4 is 16.2 Å². The van der Waals surface area contributed by atoms with Crippen LogP contribution in [-0.2, 0) is 16.1 Å². The van der Waals surface area contributed by atoms with Gasteiger partial charge >= 0.3 is 12.6 Å². The van der Waals surface area contributed by atoms with E-state index in [0.29, 0.717) is 11.1 Å². The van der Waals surface area contributed by atoms with Crippen LogP contribution in [0.25, 0.3) is 11.6 Å². The van der Waals surface area contributed by atoms with Crippen LogP contribution in [0, 0.1) is 0 Å². The third-order valence-corrected chi connectivity index (χ3v) is 3.77. The molecule has 0 aliphatic heterocycles. The van der Waals surface area contributed by atoms with E-state index in [9.17, 15) is 13.6 Å². The number of aromatic nitrogens is 3. The van der Waals surface area contributed by atoms with Gasteiger partial charge in [0.25, 0.3) is 0 Å². The van der Waals surface area contributed by atoms with E-state index in [1.807, 2.05) is 0 Å². The van der Waals surface area contributed by atoms with E-state index in [2.05, 4.69) is 19.7 Å². The molecule has 0 fully saturated rings. The monoisotopic (exact) mass is 413 g/mol. The number of hydrogen-bond acceptors (Lipinski definition) is 8. The van der Waals surface area contributed by atoms with Gasteiger partial charge in [0.15, 0.2) is 12.4 Å². The van der Waals surface area contributed by atoms with Crippen molar-refractivity contribution in [1.29, 1.82) is 0 Å². The van der Waals surface area contributed by atoms with Gasteiger partial charge in [-0.15, -0.1) is 0 Å². The van der Waals surface area contributed by atoms with Crippen LogP contribution in [0.2, 0.25) is 0 Å². The first-order valence-electron chi connectivity index (χ1n) is 8.66. The Bertz CT molecular complexity index is 1020. The fraction of sp³-hybridized carbons (Fsp3) is 0.100. The summed E-state index contributed by atoms with van der Waals surface area (Å²) in [6.07, 6.45) is 1.57. The number of nitrogens with two attached hydrogens (primary N) is 2. The maximum atomic E-state index is 12.8. The lowest BCUT2D eigenvalue weighted by atomic mass is 10.0. The molecule has 2 aromatic carbocycles. The third-order valence-electron chi connectivity index (χ3n) is 3.77. The molecule has 3 rings (SSSR count). The van der Waals surface area contributed by atoms with Gasteiger partial charge in [-0.25, -0.2) is 4.79 Å². The normalized spacial score (nSPS) is 11.4. The van der Waals surface area contributed by atoms with Gasteiger partial charge in [-0.1, -0.05) is 42.5 Å². The van der Waals surface area contributed by atoms with Crippen LogP contribution in [0.4, 0.5) is 20.7 Å². The van der Waals surface area contributed by atoms with Crippen molar-refractivity contribution in [2.45, 2.75) is 13.2 Å². The number of ether oxygens (including phenoxy) is 2. The Kier molecular flexibility index (Phi) is 6.48. The second kappa shape index (κ2) is 9.41. The summed E-state index contributed by atoms with van der Waals surface area (Å²) >= 11 is 0. The molecule has 0 atom stereocenters. The van der Waals surface area contributed by atoms with Crippen LogP contribution >= 0.6 is 0 Å². The third kappa shape index (κ3) is 5.71. The standard InChI is InChI=1S/C20H17F2N5O3/c21-18(22)30-14-8-6-12(7-9-14)10-15(13-4-2-1-3-5-13)17(28)29-11-16-25-19(23)27-20(24)26-16/h1-10,18H,11H2,(H4,23,24,25,26,27)/b15-10+. The summed E-state index contributed by atoms with van der Waals surface area (Å²) in [6, 6.07) is 14.7. The SMILES string of the molecule is Nc1nc(N)nc(COC(=O)/C(=C/c2ccc(OC(F)F)cc2)c2ccccc2)n1. The molecule has 0 spiro atoms. The minimum Gasteiger partial charge on any atom is -0.454 e. The highest BCUT2D eigenvalue weighted by Gasteiger charge is 2.15. The number of nitrogens with zero attached hydrogens (tertiary/aromatic N) is 3. The van der Waals surface area contributed by atoms with E-state index in [1.165, 1.54) is 12.1 Å². The van der Waals surface area contributed by atoms with E-state index in [1.54, 1.807) is 48.5 Å². The summed E-state index contributed by atoms with van der Waals surface area (Å²) in [5.74, 6) is -0.700. The molecule has 8 nitrogen and oxygen atoms in total. The van der Waals surface area contributed by atoms with E-state index < -0.39 is 12.6 Å². The fourth-order valence-corrected chi connectivity index (χ4v) is 2.52. The summed E-state index contributed by atoms with van der Waals surface area (Å²) < 4.78 is 34.3. The smallest absolute Gasteiger partial charge is 0.387 e. The Morgan fingerprint density at radius 3 is 2.20 bits per heavy atom. The fourth-order valence-electron chi connectivity index (χ4n) is 2.52. The topological polar surface area (TPSA) is 126 Å². The number of carbonyl (C=O) groups is 1. The summed E-state index contributed by atoms with van der Waals surface area (Å²) in [5.41, 5.74) is 12.4. The molecule has 4 N–H and O–H groups in total. The highest BCUT2D eigenvalue weighted by molar-refractivity contribution is 6.21. The van der Waals surface area contributed by atoms with Crippen molar-refractivity contribution in [3.05, 3.63) is 71.5 Å². The zero-order valence-corrected chi connectivity index (χ0v) is 15.5. The molecule has 0 aliphatic carbocycles. The predicted molar refractivity (Wildman–Crippen MR) is 106 cm³/mol. The Morgan fingerprint density at radius 2 is 1.60 bits per heavy atom. The molecule has 0 bridgehead atoms. The van der Waals surface area contributed by atoms with Crippen LogP contribution in [0.3, 0.4) is 0 Å². The first-order chi connectivity index (χ1) is 14.4. The highest BCUT2D eigenvalue weighted by Crippen LogP contribution is 2.22. The number of rotatable bonds is 7. The van der Waals surface area contributed by atoms with Crippen molar-refractivity contribution in [1.82, 2.24) is 15.0 Å². The number of anilines is 2. The molecule has 1 aromatic heterocycles. The molecule has 0 saturated carbocycles. The van der Waals surface area contributed by atoms with E-state index in [-0.39, 0.29) is 35.7 Å². The minimum atomic E-state index is -2.92. The molecule has 0 amide bonds. The van der Waals surface area contributed by atoms with Gasteiger partial charge in [-0.05, 0) is 29.3 Å². The molecular weight excluding hydrogens is 396 g/mol. The first kappa shape index (κ1) is 20.6. The van der Waals surface area contributed by atoms with Crippen molar-refractivity contribution in [2.75, 3.05) is 11.5 Å². The second-order valence-corrected chi connectivity index (χ2v) is 5.92. The van der Waals surface area contributed by atoms with Gasteiger partial charge < -0.3 is 20.9 Å². The van der Waals surface area contributed by atoms with E-state index >= 15 is 0 Å². The van der Waals surface area contributed by atoms with Crippen LogP contribution in [-0.4, -0.2) is 27.5 Å². The molecule has 1 heterocycles. The van der Waals surface area contributed by atoms with Crippen molar-refractivity contribution >= 4 is 29.5 Å². The number of halogens is 2. The van der Waals surface area contributed by atoms with Crippen molar-refractivity contribution < 1.29 is 23.0 Å². The molecule has 0 unspecified atom stereocenters. The lowest BCUT2D eigenvalue weighted by molar-refractivity contribution is -0.138. The summed E-state index contributed by atoms with van der Waals surface area (Å²) in [5, 5.41) is 0. The lowest BCUT2D eigenvalue weighted by Crippen LogP contribution is -2.12. The molecule has 0 radical (unpaired) electrons. The van der Waals surface area contributed by atoms with Gasteiger partial charge in [-0.3, -0.25) is 0 Å². The Labute approximate surface area is 170 Å². The summed E-state index contributed by atoms with van der Waals surface area (Å²) in [4.78, 5) is 24.1. The molecule has 30 heavy (non-hydrogen) atoms. The Morgan fingerprint density at radius 1 is 0.967 bits per heavy atom. The number of hydrogen-bond donors (Lipinski definition) is 2. The quantitative estimate of drug-likeness (QED) is 0.344. The molecule has 154 valence electrons. The summed E-state index contributed by atoms with van der Waals surface area (Å²) in [7, 11) is 0. The Hall–Kier alpha value is -4.08. The average molecular weight is 413 g/mol. The molecule has 10 heteroatoms. The number of carbonyl (C=O) groups excluding carboxylic acids is 1. The summed E-state index contributed by atoms with van der Waals surface area (Å²) in [6.45, 7) is -3.18. The molecular formula is C20H17F2N5O3. The highest BCUT2D eigenvalue weighted by atomic mass is 19.3. The van der Waals surface area contributed by atoms with Gasteiger partial charge in [0.05, 0.1) is 5.57 Å². The van der Waals surface area contributed by atoms with Crippen LogP contribution in [0.15, 0.2) is 54.6 Å². The minimum absolute atomic E-state index is 0.0102. The van der Waals surface area contributed by atoms with E-state index in [4.69, 9.17) is 16.2 Å². The number of nitrogen functional groups attached to an aromatic ring is 2. The number of alkyl halides is 2. The second-order valence-electron chi connectivity index (χ2n) is 5.92. The number of benzene rings is 2. The lowest BCUT2D eigenvalue weighted by Gasteiger charge is -2.09. The molecule has 0 saturated heterocycles. The zero-order valence-electron chi connectivity index (χ0n) is 15.5. The zero-order chi connectivity index (χ0) is 21.5. The van der Waals surface area contributed by atoms with Gasteiger partial charge in [0, 0.05) is 0 Å². The maximum absolute atomic E-state index is 12.8. The van der Waals surface area contributed by atoms with E-state index in [0.717, 1.165) is 0 Å². The van der Waals surface area contributed by atoms with Crippen molar-refractivity contribution in [3.8, 4) is 5.75 Å². The number of esters is 1. The Balaban J connectivity index is 1.83. The average Bonchev–Trinajstić information content (AvgIpc) is 2.71. The van der Waals surface area contributed by atoms with Crippen molar-refractivity contribution in [2.24, 2.45) is 0 Å². The molecule has 0 aliphatic rings. The van der Waals surface area contributed by atoms with Gasteiger partial charge in [0.1, 0.15) is 5.75 Å². The van der Waals surface area contributed by atoms with Crippen LogP contribution in [0.5, 0.6) is 5.75 Å². The largest absolute Gasteiger partial charge is 0.454 e. The van der Waals surface area contributed by atoms with Gasteiger partial charge in [0.2, 0.25) is 11.9 Å². The molecule has 3 aromatic rings. The predicted octanol–water partition coefficient (Wildman–Crippen LogP) is 2.92.